The molecule has 2 N–H and O–H groups in total. The smallest absolute Gasteiger partial charge is 0.223 e. The van der Waals surface area contributed by atoms with Crippen molar-refractivity contribution < 1.29 is 4.39 Å². The van der Waals surface area contributed by atoms with Crippen molar-refractivity contribution in [3.8, 4) is 11.1 Å². The normalized spacial score (nSPS) is 15.4. The Morgan fingerprint density at radius 2 is 1.85 bits per heavy atom. The second-order valence-corrected chi connectivity index (χ2v) is 6.86. The van der Waals surface area contributed by atoms with Crippen LogP contribution in [0.2, 0.25) is 0 Å². The monoisotopic (exact) mass is 360 g/mol. The summed E-state index contributed by atoms with van der Waals surface area (Å²) >= 11 is 0. The van der Waals surface area contributed by atoms with Crippen molar-refractivity contribution in [2.24, 2.45) is 0 Å². The van der Waals surface area contributed by atoms with Gasteiger partial charge in [0.2, 0.25) is 5.95 Å². The molecule has 1 aliphatic rings. The number of aromatic amines is 1. The molecular formula is C20H17FN6. The maximum Gasteiger partial charge on any atom is 0.223 e. The molecule has 1 aliphatic carbocycles. The summed E-state index contributed by atoms with van der Waals surface area (Å²) in [6.07, 6.45) is 9.60. The molecule has 0 bridgehead atoms. The van der Waals surface area contributed by atoms with E-state index in [1.165, 1.54) is 6.07 Å². The fourth-order valence-corrected chi connectivity index (χ4v) is 3.57. The summed E-state index contributed by atoms with van der Waals surface area (Å²) in [7, 11) is 0. The third-order valence-corrected chi connectivity index (χ3v) is 5.20. The molecule has 6 nitrogen and oxygen atoms in total. The van der Waals surface area contributed by atoms with Gasteiger partial charge in [-0.3, -0.25) is 10.1 Å². The van der Waals surface area contributed by atoms with E-state index in [0.717, 1.165) is 41.3 Å². The summed E-state index contributed by atoms with van der Waals surface area (Å²) in [5, 5.41) is 11.3. The van der Waals surface area contributed by atoms with E-state index in [1.807, 2.05) is 18.2 Å². The zero-order valence-corrected chi connectivity index (χ0v) is 14.5. The van der Waals surface area contributed by atoms with Crippen LogP contribution in [0.4, 0.5) is 10.3 Å². The van der Waals surface area contributed by atoms with Crippen LogP contribution in [0.3, 0.4) is 0 Å². The maximum absolute atomic E-state index is 14.2. The molecule has 0 amide bonds. The number of nitrogens with zero attached hydrogens (tertiary/aromatic N) is 4. The Morgan fingerprint density at radius 3 is 2.59 bits per heavy atom. The summed E-state index contributed by atoms with van der Waals surface area (Å²) in [6.45, 7) is 0. The van der Waals surface area contributed by atoms with Gasteiger partial charge in [-0.2, -0.15) is 5.10 Å². The minimum Gasteiger partial charge on any atom is -0.343 e. The molecule has 0 aliphatic heterocycles. The molecule has 1 saturated carbocycles. The molecule has 0 radical (unpaired) electrons. The number of halogens is 1. The average Bonchev–Trinajstić information content (AvgIpc) is 3.14. The largest absolute Gasteiger partial charge is 0.343 e. The Balaban J connectivity index is 1.42. The Labute approximate surface area is 154 Å². The molecule has 4 aromatic rings. The first-order valence-electron chi connectivity index (χ1n) is 8.88. The second kappa shape index (κ2) is 6.12. The molecule has 1 aromatic carbocycles. The van der Waals surface area contributed by atoms with Gasteiger partial charge in [0.1, 0.15) is 11.5 Å². The van der Waals surface area contributed by atoms with Crippen LogP contribution in [0.5, 0.6) is 0 Å². The van der Waals surface area contributed by atoms with E-state index in [1.54, 1.807) is 30.9 Å². The third kappa shape index (κ3) is 2.71. The summed E-state index contributed by atoms with van der Waals surface area (Å²) in [4.78, 5) is 13.2. The molecule has 0 spiro atoms. The Hall–Kier alpha value is -3.35. The van der Waals surface area contributed by atoms with Crippen LogP contribution >= 0.6 is 0 Å². The highest BCUT2D eigenvalue weighted by atomic mass is 19.1. The summed E-state index contributed by atoms with van der Waals surface area (Å²) < 4.78 is 14.2. The van der Waals surface area contributed by atoms with Gasteiger partial charge in [0.15, 0.2) is 0 Å². The molecule has 134 valence electrons. The summed E-state index contributed by atoms with van der Waals surface area (Å²) in [5.41, 5.74) is 2.83. The number of aromatic nitrogens is 5. The van der Waals surface area contributed by atoms with Crippen LogP contribution < -0.4 is 5.32 Å². The minimum absolute atomic E-state index is 0.297. The van der Waals surface area contributed by atoms with Gasteiger partial charge in [0, 0.05) is 29.5 Å². The molecule has 0 atom stereocenters. The molecule has 0 saturated heterocycles. The van der Waals surface area contributed by atoms with Crippen molar-refractivity contribution in [3.63, 3.8) is 0 Å². The molecule has 3 aromatic heterocycles. The van der Waals surface area contributed by atoms with Gasteiger partial charge >= 0.3 is 0 Å². The van der Waals surface area contributed by atoms with Crippen molar-refractivity contribution in [3.05, 3.63) is 66.6 Å². The average molecular weight is 360 g/mol. The number of hydrogen-bond donors (Lipinski definition) is 2. The number of hydrogen-bond acceptors (Lipinski definition) is 5. The predicted octanol–water partition coefficient (Wildman–Crippen LogP) is 4.05. The van der Waals surface area contributed by atoms with Crippen LogP contribution in [-0.2, 0) is 5.54 Å². The van der Waals surface area contributed by atoms with E-state index in [9.17, 15) is 4.39 Å². The number of anilines is 1. The lowest BCUT2D eigenvalue weighted by Crippen LogP contribution is -2.44. The van der Waals surface area contributed by atoms with Crippen LogP contribution in [0.15, 0.2) is 55.1 Å². The van der Waals surface area contributed by atoms with E-state index >= 15 is 0 Å². The first kappa shape index (κ1) is 15.9. The maximum atomic E-state index is 14.2. The standard InChI is InChI=1S/C20H17FN6/c21-16-3-1-8-22-18(16)20(6-2-7-20)26-19-23-10-15(11-24-19)13-4-5-17-14(9-13)12-25-27-17/h1,3-5,8-12H,2,6-7H2,(H,25,27)(H,23,24,26). The van der Waals surface area contributed by atoms with Gasteiger partial charge in [-0.1, -0.05) is 6.07 Å². The molecule has 5 rings (SSSR count). The fraction of sp³-hybridized carbons (Fsp3) is 0.200. The van der Waals surface area contributed by atoms with E-state index in [4.69, 9.17) is 0 Å². The number of H-pyrrole nitrogens is 1. The van der Waals surface area contributed by atoms with Gasteiger partial charge in [-0.15, -0.1) is 0 Å². The number of pyridine rings is 1. The highest BCUT2D eigenvalue weighted by molar-refractivity contribution is 5.83. The zero-order valence-electron chi connectivity index (χ0n) is 14.5. The Kier molecular flexibility index (Phi) is 3.60. The molecule has 27 heavy (non-hydrogen) atoms. The fourth-order valence-electron chi connectivity index (χ4n) is 3.57. The van der Waals surface area contributed by atoms with Crippen molar-refractivity contribution in [1.82, 2.24) is 25.1 Å². The van der Waals surface area contributed by atoms with Gasteiger partial charge in [0.05, 0.1) is 17.3 Å². The van der Waals surface area contributed by atoms with E-state index in [0.29, 0.717) is 11.6 Å². The first-order valence-corrected chi connectivity index (χ1v) is 8.88. The number of rotatable bonds is 4. The highest BCUT2D eigenvalue weighted by Gasteiger charge is 2.42. The van der Waals surface area contributed by atoms with E-state index in [2.05, 4.69) is 30.5 Å². The predicted molar refractivity (Wildman–Crippen MR) is 100 cm³/mol. The van der Waals surface area contributed by atoms with Gasteiger partial charge in [-0.05, 0) is 49.1 Å². The highest BCUT2D eigenvalue weighted by Crippen LogP contribution is 2.43. The number of fused-ring (bicyclic) bond motifs is 1. The van der Waals surface area contributed by atoms with Crippen LogP contribution in [-0.4, -0.2) is 25.1 Å². The molecule has 3 heterocycles. The number of benzene rings is 1. The zero-order chi connectivity index (χ0) is 18.3. The number of nitrogens with one attached hydrogen (secondary N) is 2. The van der Waals surface area contributed by atoms with Crippen molar-refractivity contribution in [2.75, 3.05) is 5.32 Å². The van der Waals surface area contributed by atoms with Crippen molar-refractivity contribution in [1.29, 1.82) is 0 Å². The lowest BCUT2D eigenvalue weighted by Gasteiger charge is -2.42. The molecule has 0 unspecified atom stereocenters. The quantitative estimate of drug-likeness (QED) is 0.574. The molecule has 1 fully saturated rings. The summed E-state index contributed by atoms with van der Waals surface area (Å²) in [5.74, 6) is 0.183. The topological polar surface area (TPSA) is 79.4 Å². The lowest BCUT2D eigenvalue weighted by molar-refractivity contribution is 0.264. The SMILES string of the molecule is Fc1cccnc1C1(Nc2ncc(-c3ccc4[nH]ncc4c3)cn2)CCC1. The van der Waals surface area contributed by atoms with Crippen molar-refractivity contribution >= 4 is 16.9 Å². The Morgan fingerprint density at radius 1 is 1.00 bits per heavy atom. The minimum atomic E-state index is -0.525. The van der Waals surface area contributed by atoms with E-state index < -0.39 is 5.54 Å². The van der Waals surface area contributed by atoms with Crippen LogP contribution in [0.25, 0.3) is 22.0 Å². The second-order valence-electron chi connectivity index (χ2n) is 6.86. The third-order valence-electron chi connectivity index (χ3n) is 5.20. The van der Waals surface area contributed by atoms with Crippen molar-refractivity contribution in [2.45, 2.75) is 24.8 Å². The van der Waals surface area contributed by atoms with E-state index in [-0.39, 0.29) is 5.82 Å². The lowest BCUT2D eigenvalue weighted by atomic mass is 9.74. The summed E-state index contributed by atoms with van der Waals surface area (Å²) in [6, 6.07) is 9.08. The molecule has 7 heteroatoms. The van der Waals surface area contributed by atoms with Crippen LogP contribution in [0.1, 0.15) is 25.0 Å². The Bertz CT molecular complexity index is 1100. The van der Waals surface area contributed by atoms with Gasteiger partial charge < -0.3 is 5.32 Å². The van der Waals surface area contributed by atoms with Gasteiger partial charge in [-0.25, -0.2) is 14.4 Å². The van der Waals surface area contributed by atoms with Crippen LogP contribution in [0, 0.1) is 5.82 Å². The van der Waals surface area contributed by atoms with Gasteiger partial charge in [0.25, 0.3) is 0 Å². The molecular weight excluding hydrogens is 343 g/mol. The first-order chi connectivity index (χ1) is 13.2.